The molecule has 2 aromatic rings. The number of esters is 1. The lowest BCUT2D eigenvalue weighted by molar-refractivity contribution is -0.565. The van der Waals surface area contributed by atoms with Gasteiger partial charge in [-0.05, 0) is 17.5 Å². The predicted molar refractivity (Wildman–Crippen MR) is 85.4 cm³/mol. The van der Waals surface area contributed by atoms with Crippen LogP contribution in [0.15, 0.2) is 24.3 Å². The van der Waals surface area contributed by atoms with Crippen molar-refractivity contribution in [3.63, 3.8) is 0 Å². The van der Waals surface area contributed by atoms with Crippen LogP contribution in [0.3, 0.4) is 0 Å². The van der Waals surface area contributed by atoms with Gasteiger partial charge in [-0.15, -0.1) is 0 Å². The van der Waals surface area contributed by atoms with Crippen LogP contribution in [0.4, 0.5) is 17.6 Å². The van der Waals surface area contributed by atoms with Crippen LogP contribution in [-0.2, 0) is 9.53 Å². The molecular weight excluding hydrogens is 376 g/mol. The molecule has 0 atom stereocenters. The zero-order valence-corrected chi connectivity index (χ0v) is 14.9. The summed E-state index contributed by atoms with van der Waals surface area (Å²) in [5.74, 6) is -5.84. The molecular formula is C16H17F4N2O3S+. The third-order valence-electron chi connectivity index (χ3n) is 3.46. The monoisotopic (exact) mass is 393 g/mol. The van der Waals surface area contributed by atoms with E-state index in [9.17, 15) is 27.2 Å². The minimum atomic E-state index is -4.40. The first-order valence-corrected chi connectivity index (χ1v) is 8.41. The van der Waals surface area contributed by atoms with Gasteiger partial charge >= 0.3 is 24.2 Å². The Morgan fingerprint density at radius 2 is 1.88 bits per heavy atom. The van der Waals surface area contributed by atoms with Gasteiger partial charge in [0.05, 0.1) is 16.9 Å². The normalized spacial score (nSPS) is 12.6. The van der Waals surface area contributed by atoms with Crippen molar-refractivity contribution in [3.05, 3.63) is 24.3 Å². The van der Waals surface area contributed by atoms with E-state index in [1.54, 1.807) is 26.0 Å². The number of hydrogen-bond acceptors (Lipinski definition) is 5. The van der Waals surface area contributed by atoms with E-state index in [0.717, 1.165) is 16.2 Å². The first kappa shape index (κ1) is 20.2. The van der Waals surface area contributed by atoms with E-state index in [4.69, 9.17) is 0 Å². The molecule has 1 aromatic carbocycles. The maximum Gasteiger partial charge on any atom is 0.431 e. The zero-order valence-electron chi connectivity index (χ0n) is 14.0. The second kappa shape index (κ2) is 7.65. The zero-order chi connectivity index (χ0) is 19.5. The topological polar surface area (TPSA) is 60.1 Å². The molecule has 0 saturated heterocycles. The van der Waals surface area contributed by atoms with Crippen molar-refractivity contribution in [2.24, 2.45) is 5.41 Å². The minimum absolute atomic E-state index is 0.0994. The molecule has 5 nitrogen and oxygen atoms in total. The molecule has 0 bridgehead atoms. The Kier molecular flexibility index (Phi) is 5.94. The number of alkyl halides is 4. The summed E-state index contributed by atoms with van der Waals surface area (Å²) in [4.78, 5) is 24.0. The summed E-state index contributed by atoms with van der Waals surface area (Å²) >= 11 is 1.14. The van der Waals surface area contributed by atoms with Gasteiger partial charge in [-0.1, -0.05) is 26.0 Å². The molecule has 0 aliphatic carbocycles. The highest BCUT2D eigenvalue weighted by Crippen LogP contribution is 2.28. The number of nitrogens with zero attached hydrogens (tertiary/aromatic N) is 2. The molecule has 0 saturated carbocycles. The van der Waals surface area contributed by atoms with Crippen LogP contribution < -0.4 is 4.07 Å². The third-order valence-corrected chi connectivity index (χ3v) is 4.46. The maximum absolute atomic E-state index is 12.8. The minimum Gasteiger partial charge on any atom is -0.459 e. The second-order valence-electron chi connectivity index (χ2n) is 6.57. The van der Waals surface area contributed by atoms with Crippen molar-refractivity contribution in [1.29, 1.82) is 0 Å². The van der Waals surface area contributed by atoms with E-state index in [-0.39, 0.29) is 18.7 Å². The number of aromatic nitrogens is 2. The third kappa shape index (κ3) is 5.20. The number of fused-ring (bicyclic) bond motifs is 1. The number of rotatable bonds is 7. The standard InChI is InChI=1S/C16H17F4N2O3S/c1-15(2,8-13(24)25-9-16(19,20)14(17)18)7-12(23)22-21-10-5-3-4-6-11(10)26-22/h3-6,14H,7-9H2,1-2H3/q+1. The van der Waals surface area contributed by atoms with Gasteiger partial charge in [-0.25, -0.2) is 13.6 Å². The van der Waals surface area contributed by atoms with Crippen LogP contribution in [-0.4, -0.2) is 35.9 Å². The van der Waals surface area contributed by atoms with Crippen LogP contribution in [0.2, 0.25) is 0 Å². The maximum atomic E-state index is 12.8. The summed E-state index contributed by atoms with van der Waals surface area (Å²) in [5, 5.41) is 4.15. The number of carbonyl (C=O) groups is 2. The Morgan fingerprint density at radius 3 is 2.50 bits per heavy atom. The lowest BCUT2D eigenvalue weighted by Gasteiger charge is -2.21. The van der Waals surface area contributed by atoms with Gasteiger partial charge in [0.15, 0.2) is 23.7 Å². The molecule has 142 valence electrons. The van der Waals surface area contributed by atoms with E-state index >= 15 is 0 Å². The first-order valence-electron chi connectivity index (χ1n) is 7.63. The SMILES string of the molecule is CC(C)(CC(=O)OCC(F)(F)C(F)F)CC(=O)[n+]1nc2ccccc2s1. The van der Waals surface area contributed by atoms with Gasteiger partial charge in [0.2, 0.25) is 0 Å². The molecule has 0 spiro atoms. The Hall–Kier alpha value is -2.10. The predicted octanol–water partition coefficient (Wildman–Crippen LogP) is 3.47. The molecule has 0 radical (unpaired) electrons. The Balaban J connectivity index is 1.94. The molecule has 10 heteroatoms. The highest BCUT2D eigenvalue weighted by Gasteiger charge is 2.42. The van der Waals surface area contributed by atoms with Crippen LogP contribution in [0.25, 0.3) is 10.2 Å². The van der Waals surface area contributed by atoms with E-state index < -0.39 is 30.3 Å². The molecule has 0 aliphatic heterocycles. The molecule has 1 aromatic heterocycles. The molecule has 0 amide bonds. The fourth-order valence-electron chi connectivity index (χ4n) is 2.16. The number of benzene rings is 1. The van der Waals surface area contributed by atoms with E-state index in [1.807, 2.05) is 12.1 Å². The molecule has 0 aliphatic rings. The van der Waals surface area contributed by atoms with Crippen molar-refractivity contribution in [3.8, 4) is 0 Å². The number of ether oxygens (including phenoxy) is 1. The van der Waals surface area contributed by atoms with Crippen molar-refractivity contribution in [1.82, 2.24) is 5.10 Å². The van der Waals surface area contributed by atoms with Gasteiger partial charge in [0.1, 0.15) is 4.70 Å². The first-order chi connectivity index (χ1) is 12.0. The van der Waals surface area contributed by atoms with Gasteiger partial charge in [-0.2, -0.15) is 8.78 Å². The van der Waals surface area contributed by atoms with Crippen molar-refractivity contribution in [2.45, 2.75) is 39.0 Å². The highest BCUT2D eigenvalue weighted by atomic mass is 32.1. The summed E-state index contributed by atoms with van der Waals surface area (Å²) in [6.45, 7) is 1.46. The molecule has 1 heterocycles. The summed E-state index contributed by atoms with van der Waals surface area (Å²) < 4.78 is 55.9. The fraction of sp³-hybridized carbons (Fsp3) is 0.500. The number of hydrogen-bond donors (Lipinski definition) is 0. The van der Waals surface area contributed by atoms with Gasteiger partial charge in [0.25, 0.3) is 0 Å². The lowest BCUT2D eigenvalue weighted by Crippen LogP contribution is -2.44. The molecule has 2 rings (SSSR count). The van der Waals surface area contributed by atoms with Crippen molar-refractivity contribution < 1.29 is 36.0 Å². The Bertz CT molecular complexity index is 775. The van der Waals surface area contributed by atoms with E-state index in [0.29, 0.717) is 5.52 Å². The average Bonchev–Trinajstić information content (AvgIpc) is 2.96. The van der Waals surface area contributed by atoms with Crippen molar-refractivity contribution in [2.75, 3.05) is 6.61 Å². The summed E-state index contributed by atoms with van der Waals surface area (Å²) in [6, 6.07) is 7.15. The quantitative estimate of drug-likeness (QED) is 0.411. The highest BCUT2D eigenvalue weighted by molar-refractivity contribution is 7.09. The summed E-state index contributed by atoms with van der Waals surface area (Å²) in [6.07, 6.45) is -4.39. The number of carbonyl (C=O) groups excluding carboxylic acids is 2. The summed E-state index contributed by atoms with van der Waals surface area (Å²) in [7, 11) is 0. The molecule has 0 unspecified atom stereocenters. The van der Waals surface area contributed by atoms with Gasteiger partial charge in [-0.3, -0.25) is 4.79 Å². The molecule has 0 N–H and O–H groups in total. The van der Waals surface area contributed by atoms with E-state index in [2.05, 4.69) is 9.84 Å². The van der Waals surface area contributed by atoms with Crippen LogP contribution >= 0.6 is 11.5 Å². The molecule has 0 fully saturated rings. The van der Waals surface area contributed by atoms with Crippen LogP contribution in [0, 0.1) is 5.41 Å². The van der Waals surface area contributed by atoms with Gasteiger partial charge < -0.3 is 4.74 Å². The fourth-order valence-corrected chi connectivity index (χ4v) is 2.98. The van der Waals surface area contributed by atoms with Crippen LogP contribution in [0.1, 0.15) is 31.5 Å². The second-order valence-corrected chi connectivity index (χ2v) is 7.53. The average molecular weight is 393 g/mol. The van der Waals surface area contributed by atoms with Gasteiger partial charge in [0, 0.05) is 5.10 Å². The largest absolute Gasteiger partial charge is 0.459 e. The summed E-state index contributed by atoms with van der Waals surface area (Å²) in [5.41, 5.74) is -0.267. The smallest absolute Gasteiger partial charge is 0.431 e. The van der Waals surface area contributed by atoms with Crippen LogP contribution in [0.5, 0.6) is 0 Å². The lowest BCUT2D eigenvalue weighted by atomic mass is 9.85. The van der Waals surface area contributed by atoms with E-state index in [1.165, 1.54) is 4.07 Å². The Labute approximate surface area is 150 Å². The van der Waals surface area contributed by atoms with Crippen molar-refractivity contribution >= 4 is 33.6 Å². The molecule has 26 heavy (non-hydrogen) atoms. The Morgan fingerprint density at radius 1 is 1.23 bits per heavy atom. The number of halogens is 4.